The van der Waals surface area contributed by atoms with E-state index in [1.165, 1.54) is 19.2 Å². The average molecular weight is 366 g/mol. The van der Waals surface area contributed by atoms with Crippen LogP contribution < -0.4 is 4.72 Å². The first-order valence-corrected chi connectivity index (χ1v) is 9.13. The first-order chi connectivity index (χ1) is 11.8. The Hall–Kier alpha value is -2.16. The summed E-state index contributed by atoms with van der Waals surface area (Å²) in [5.74, 6) is 0.0749. The monoisotopic (exact) mass is 366 g/mol. The van der Waals surface area contributed by atoms with Crippen LogP contribution in [0.2, 0.25) is 0 Å². The van der Waals surface area contributed by atoms with Crippen LogP contribution >= 0.6 is 0 Å². The van der Waals surface area contributed by atoms with E-state index < -0.39 is 16.0 Å². The lowest BCUT2D eigenvalue weighted by atomic mass is 10.1. The third kappa shape index (κ3) is 4.47. The number of benzene rings is 1. The predicted molar refractivity (Wildman–Crippen MR) is 92.8 cm³/mol. The maximum Gasteiger partial charge on any atom is 0.337 e. The van der Waals surface area contributed by atoms with Crippen LogP contribution in [0.1, 0.15) is 27.7 Å². The Morgan fingerprint density at radius 2 is 2.04 bits per heavy atom. The molecule has 0 radical (unpaired) electrons. The van der Waals surface area contributed by atoms with Crippen molar-refractivity contribution < 1.29 is 22.4 Å². The topological polar surface area (TPSA) is 88.8 Å². The Kier molecular flexibility index (Phi) is 5.99. The van der Waals surface area contributed by atoms with Crippen LogP contribution in [0.5, 0.6) is 0 Å². The number of carbonyl (C=O) groups is 1. The number of nitrogens with one attached hydrogen (secondary N) is 1. The van der Waals surface area contributed by atoms with Gasteiger partial charge in [0.05, 0.1) is 29.9 Å². The molecule has 0 saturated carbocycles. The molecular weight excluding hydrogens is 344 g/mol. The Balaban J connectivity index is 2.25. The molecule has 1 N–H and O–H groups in total. The van der Waals surface area contributed by atoms with Crippen molar-refractivity contribution in [1.82, 2.24) is 9.62 Å². The highest BCUT2D eigenvalue weighted by Crippen LogP contribution is 2.21. The SMILES string of the molecule is COC(=O)c1ccc(C)c(S(=O)(=O)NCC(c2ccco2)N(C)C)c1. The minimum absolute atomic E-state index is 0.0485. The van der Waals surface area contributed by atoms with Crippen LogP contribution in [0.4, 0.5) is 0 Å². The summed E-state index contributed by atoms with van der Waals surface area (Å²) < 4.78 is 38.0. The number of likely N-dealkylation sites (N-methyl/N-ethyl adjacent to an activating group) is 1. The van der Waals surface area contributed by atoms with Crippen LogP contribution in [-0.4, -0.2) is 47.0 Å². The molecule has 0 bridgehead atoms. The summed E-state index contributed by atoms with van der Waals surface area (Å²) in [7, 11) is 1.12. The number of furan rings is 1. The first-order valence-electron chi connectivity index (χ1n) is 7.64. The van der Waals surface area contributed by atoms with Gasteiger partial charge in [0.25, 0.3) is 0 Å². The zero-order valence-electron chi connectivity index (χ0n) is 14.6. The van der Waals surface area contributed by atoms with Gasteiger partial charge in [-0.15, -0.1) is 0 Å². The Labute approximate surface area is 147 Å². The Bertz CT molecular complexity index is 829. The quantitative estimate of drug-likeness (QED) is 0.754. The number of aryl methyl sites for hydroxylation is 1. The molecule has 0 amide bonds. The molecule has 2 aromatic rings. The highest BCUT2D eigenvalue weighted by atomic mass is 32.2. The molecule has 8 heteroatoms. The molecule has 1 aromatic heterocycles. The van der Waals surface area contributed by atoms with Gasteiger partial charge in [0.2, 0.25) is 10.0 Å². The molecule has 0 aliphatic rings. The molecule has 0 saturated heterocycles. The van der Waals surface area contributed by atoms with Gasteiger partial charge in [0, 0.05) is 6.54 Å². The normalized spacial score (nSPS) is 13.0. The minimum atomic E-state index is -3.80. The van der Waals surface area contributed by atoms with E-state index in [-0.39, 0.29) is 23.0 Å². The van der Waals surface area contributed by atoms with Crippen molar-refractivity contribution in [3.05, 3.63) is 53.5 Å². The summed E-state index contributed by atoms with van der Waals surface area (Å²) in [6, 6.07) is 7.73. The van der Waals surface area contributed by atoms with E-state index >= 15 is 0 Å². The van der Waals surface area contributed by atoms with E-state index in [1.807, 2.05) is 19.0 Å². The van der Waals surface area contributed by atoms with Gasteiger partial charge in [-0.3, -0.25) is 4.90 Å². The molecule has 7 nitrogen and oxygen atoms in total. The van der Waals surface area contributed by atoms with Crippen LogP contribution in [0.3, 0.4) is 0 Å². The molecule has 25 heavy (non-hydrogen) atoms. The number of hydrogen-bond acceptors (Lipinski definition) is 6. The lowest BCUT2D eigenvalue weighted by molar-refractivity contribution is 0.0600. The zero-order chi connectivity index (χ0) is 18.6. The molecule has 0 fully saturated rings. The van der Waals surface area contributed by atoms with Crippen LogP contribution in [-0.2, 0) is 14.8 Å². The second-order valence-corrected chi connectivity index (χ2v) is 7.55. The maximum absolute atomic E-state index is 12.7. The van der Waals surface area contributed by atoms with Gasteiger partial charge >= 0.3 is 5.97 Å². The first kappa shape index (κ1) is 19.2. The van der Waals surface area contributed by atoms with Crippen molar-refractivity contribution >= 4 is 16.0 Å². The third-order valence-electron chi connectivity index (χ3n) is 3.86. The highest BCUT2D eigenvalue weighted by Gasteiger charge is 2.23. The second-order valence-electron chi connectivity index (χ2n) is 5.82. The van der Waals surface area contributed by atoms with Crippen molar-refractivity contribution in [1.29, 1.82) is 0 Å². The number of methoxy groups -OCH3 is 1. The molecule has 1 heterocycles. The number of esters is 1. The molecular formula is C17H22N2O5S. The van der Waals surface area contributed by atoms with Crippen molar-refractivity contribution in [2.45, 2.75) is 17.9 Å². The molecule has 1 aromatic carbocycles. The summed E-state index contributed by atoms with van der Waals surface area (Å²) >= 11 is 0. The summed E-state index contributed by atoms with van der Waals surface area (Å²) in [6.45, 7) is 1.80. The molecule has 0 spiro atoms. The largest absolute Gasteiger partial charge is 0.468 e. The number of rotatable bonds is 7. The van der Waals surface area contributed by atoms with Crippen molar-refractivity contribution in [3.8, 4) is 0 Å². The van der Waals surface area contributed by atoms with Gasteiger partial charge in [-0.05, 0) is 50.8 Å². The average Bonchev–Trinajstić information content (AvgIpc) is 3.08. The molecule has 136 valence electrons. The molecule has 2 rings (SSSR count). The zero-order valence-corrected chi connectivity index (χ0v) is 15.5. The summed E-state index contributed by atoms with van der Waals surface area (Å²) in [4.78, 5) is 13.6. The van der Waals surface area contributed by atoms with Crippen molar-refractivity contribution in [2.75, 3.05) is 27.7 Å². The second kappa shape index (κ2) is 7.81. The summed E-state index contributed by atoms with van der Waals surface area (Å²) in [6.07, 6.45) is 1.55. The highest BCUT2D eigenvalue weighted by molar-refractivity contribution is 7.89. The third-order valence-corrected chi connectivity index (χ3v) is 5.43. The van der Waals surface area contributed by atoms with E-state index in [4.69, 9.17) is 4.42 Å². The van der Waals surface area contributed by atoms with Gasteiger partial charge in [-0.2, -0.15) is 0 Å². The van der Waals surface area contributed by atoms with E-state index in [0.717, 1.165) is 0 Å². The van der Waals surface area contributed by atoms with Gasteiger partial charge < -0.3 is 9.15 Å². The number of carbonyl (C=O) groups excluding carboxylic acids is 1. The lowest BCUT2D eigenvalue weighted by Crippen LogP contribution is -2.34. The number of hydrogen-bond donors (Lipinski definition) is 1. The van der Waals surface area contributed by atoms with Crippen LogP contribution in [0.25, 0.3) is 0 Å². The number of ether oxygens (including phenoxy) is 1. The van der Waals surface area contributed by atoms with Crippen LogP contribution in [0.15, 0.2) is 45.9 Å². The number of nitrogens with zero attached hydrogens (tertiary/aromatic N) is 1. The fraction of sp³-hybridized carbons (Fsp3) is 0.353. The maximum atomic E-state index is 12.7. The van der Waals surface area contributed by atoms with E-state index in [2.05, 4.69) is 9.46 Å². The van der Waals surface area contributed by atoms with Gasteiger partial charge in [0.15, 0.2) is 0 Å². The minimum Gasteiger partial charge on any atom is -0.468 e. The molecule has 0 aliphatic carbocycles. The van der Waals surface area contributed by atoms with Gasteiger partial charge in [-0.1, -0.05) is 6.07 Å². The fourth-order valence-electron chi connectivity index (χ4n) is 2.42. The van der Waals surface area contributed by atoms with Crippen molar-refractivity contribution in [3.63, 3.8) is 0 Å². The fourth-order valence-corrected chi connectivity index (χ4v) is 3.73. The molecule has 1 atom stereocenters. The Morgan fingerprint density at radius 3 is 2.60 bits per heavy atom. The van der Waals surface area contributed by atoms with E-state index in [0.29, 0.717) is 11.3 Å². The smallest absolute Gasteiger partial charge is 0.337 e. The van der Waals surface area contributed by atoms with Crippen molar-refractivity contribution in [2.24, 2.45) is 0 Å². The summed E-state index contributed by atoms with van der Waals surface area (Å²) in [5, 5.41) is 0. The van der Waals surface area contributed by atoms with E-state index in [9.17, 15) is 13.2 Å². The lowest BCUT2D eigenvalue weighted by Gasteiger charge is -2.22. The van der Waals surface area contributed by atoms with Crippen LogP contribution in [0, 0.1) is 6.92 Å². The molecule has 1 unspecified atom stereocenters. The number of sulfonamides is 1. The Morgan fingerprint density at radius 1 is 1.32 bits per heavy atom. The van der Waals surface area contributed by atoms with Gasteiger partial charge in [0.1, 0.15) is 5.76 Å². The predicted octanol–water partition coefficient (Wildman–Crippen LogP) is 1.96. The summed E-state index contributed by atoms with van der Waals surface area (Å²) in [5.41, 5.74) is 0.725. The molecule has 0 aliphatic heterocycles. The standard InChI is InChI=1S/C17H22N2O5S/c1-12-7-8-13(17(20)23-4)10-16(12)25(21,22)18-11-14(19(2)3)15-6-5-9-24-15/h5-10,14,18H,11H2,1-4H3. The van der Waals surface area contributed by atoms with Gasteiger partial charge in [-0.25, -0.2) is 17.9 Å². The van der Waals surface area contributed by atoms with E-state index in [1.54, 1.807) is 31.4 Å².